The van der Waals surface area contributed by atoms with Crippen LogP contribution in [0.1, 0.15) is 12.2 Å². The predicted molar refractivity (Wildman–Crippen MR) is 55.5 cm³/mol. The second-order valence-corrected chi connectivity index (χ2v) is 5.31. The Morgan fingerprint density at radius 1 is 1.50 bits per heavy atom. The molecule has 90 valence electrons. The molecule has 1 heterocycles. The van der Waals surface area contributed by atoms with Gasteiger partial charge in [0.05, 0.1) is 6.42 Å². The van der Waals surface area contributed by atoms with Gasteiger partial charge in [0.15, 0.2) is 0 Å². The smallest absolute Gasteiger partial charge is 0.304 e. The SMILES string of the molecule is Cc1ccc(S(=O)(=O)N(C)CCC(=O)O)o1. The maximum absolute atomic E-state index is 11.8. The number of carboxylic acids is 1. The molecule has 0 aliphatic heterocycles. The van der Waals surface area contributed by atoms with Crippen LogP contribution in [-0.2, 0) is 14.8 Å². The zero-order valence-electron chi connectivity index (χ0n) is 9.00. The Morgan fingerprint density at radius 2 is 2.12 bits per heavy atom. The highest BCUT2D eigenvalue weighted by Crippen LogP contribution is 2.17. The van der Waals surface area contributed by atoms with E-state index in [-0.39, 0.29) is 18.1 Å². The molecule has 0 fully saturated rings. The van der Waals surface area contributed by atoms with Crippen LogP contribution in [-0.4, -0.2) is 37.4 Å². The fourth-order valence-electron chi connectivity index (χ4n) is 1.08. The zero-order chi connectivity index (χ0) is 12.3. The van der Waals surface area contributed by atoms with E-state index in [9.17, 15) is 13.2 Å². The third-order valence-corrected chi connectivity index (χ3v) is 3.75. The molecule has 1 rings (SSSR count). The van der Waals surface area contributed by atoms with Crippen molar-refractivity contribution in [2.45, 2.75) is 18.4 Å². The number of furan rings is 1. The van der Waals surface area contributed by atoms with Crippen molar-refractivity contribution in [3.8, 4) is 0 Å². The van der Waals surface area contributed by atoms with Crippen LogP contribution in [0.3, 0.4) is 0 Å². The Morgan fingerprint density at radius 3 is 2.56 bits per heavy atom. The minimum atomic E-state index is -3.71. The molecule has 6 nitrogen and oxygen atoms in total. The van der Waals surface area contributed by atoms with Gasteiger partial charge in [-0.25, -0.2) is 8.42 Å². The molecule has 1 aromatic rings. The molecule has 0 spiro atoms. The first kappa shape index (κ1) is 12.7. The van der Waals surface area contributed by atoms with E-state index in [1.165, 1.54) is 19.2 Å². The number of carboxylic acid groups (broad SMARTS) is 1. The molecule has 0 atom stereocenters. The Hall–Kier alpha value is -1.34. The van der Waals surface area contributed by atoms with Crippen molar-refractivity contribution in [1.82, 2.24) is 4.31 Å². The van der Waals surface area contributed by atoms with E-state index >= 15 is 0 Å². The molecule has 0 bridgehead atoms. The lowest BCUT2D eigenvalue weighted by Crippen LogP contribution is -2.28. The van der Waals surface area contributed by atoms with Crippen LogP contribution in [0, 0.1) is 6.92 Å². The number of aliphatic carboxylic acids is 1. The van der Waals surface area contributed by atoms with Gasteiger partial charge in [0.25, 0.3) is 10.0 Å². The largest absolute Gasteiger partial charge is 0.481 e. The van der Waals surface area contributed by atoms with Crippen molar-refractivity contribution in [1.29, 1.82) is 0 Å². The van der Waals surface area contributed by atoms with Crippen molar-refractivity contribution >= 4 is 16.0 Å². The van der Waals surface area contributed by atoms with Gasteiger partial charge in [0.2, 0.25) is 5.09 Å². The van der Waals surface area contributed by atoms with Gasteiger partial charge in [-0.05, 0) is 19.1 Å². The van der Waals surface area contributed by atoms with Crippen molar-refractivity contribution < 1.29 is 22.7 Å². The van der Waals surface area contributed by atoms with E-state index in [2.05, 4.69) is 0 Å². The maximum Gasteiger partial charge on any atom is 0.304 e. The summed E-state index contributed by atoms with van der Waals surface area (Å²) in [5.41, 5.74) is 0. The molecular formula is C9H13NO5S. The van der Waals surface area contributed by atoms with Gasteiger partial charge in [-0.15, -0.1) is 0 Å². The minimum absolute atomic E-state index is 0.0859. The summed E-state index contributed by atoms with van der Waals surface area (Å²) in [7, 11) is -2.39. The number of hydrogen-bond acceptors (Lipinski definition) is 4. The average molecular weight is 247 g/mol. The topological polar surface area (TPSA) is 87.8 Å². The van der Waals surface area contributed by atoms with E-state index in [0.29, 0.717) is 5.76 Å². The monoisotopic (exact) mass is 247 g/mol. The van der Waals surface area contributed by atoms with Crippen molar-refractivity contribution in [2.75, 3.05) is 13.6 Å². The highest BCUT2D eigenvalue weighted by molar-refractivity contribution is 7.89. The number of hydrogen-bond donors (Lipinski definition) is 1. The third kappa shape index (κ3) is 2.83. The van der Waals surface area contributed by atoms with E-state index in [1.807, 2.05) is 0 Å². The van der Waals surface area contributed by atoms with E-state index in [4.69, 9.17) is 9.52 Å². The van der Waals surface area contributed by atoms with Crippen LogP contribution in [0.5, 0.6) is 0 Å². The van der Waals surface area contributed by atoms with Gasteiger partial charge >= 0.3 is 5.97 Å². The molecule has 7 heteroatoms. The Kier molecular flexibility index (Phi) is 3.71. The van der Waals surface area contributed by atoms with Crippen molar-refractivity contribution in [3.63, 3.8) is 0 Å². The van der Waals surface area contributed by atoms with E-state index in [0.717, 1.165) is 4.31 Å². The van der Waals surface area contributed by atoms with Gasteiger partial charge in [0, 0.05) is 13.6 Å². The first-order valence-electron chi connectivity index (χ1n) is 4.58. The molecule has 0 saturated carbocycles. The average Bonchev–Trinajstić information content (AvgIpc) is 2.61. The van der Waals surface area contributed by atoms with Crippen LogP contribution in [0.4, 0.5) is 0 Å². The number of nitrogens with zero attached hydrogens (tertiary/aromatic N) is 1. The molecule has 16 heavy (non-hydrogen) atoms. The molecular weight excluding hydrogens is 234 g/mol. The Bertz CT molecular complexity index is 476. The summed E-state index contributed by atoms with van der Waals surface area (Å²) in [4.78, 5) is 10.3. The molecule has 0 unspecified atom stereocenters. The van der Waals surface area contributed by atoms with Gasteiger partial charge in [-0.1, -0.05) is 0 Å². The normalized spacial score (nSPS) is 11.9. The summed E-state index contributed by atoms with van der Waals surface area (Å²) in [6.45, 7) is 1.55. The highest BCUT2D eigenvalue weighted by Gasteiger charge is 2.24. The fraction of sp³-hybridized carbons (Fsp3) is 0.444. The maximum atomic E-state index is 11.8. The third-order valence-electron chi connectivity index (χ3n) is 2.02. The Balaban J connectivity index is 2.82. The number of rotatable bonds is 5. The lowest BCUT2D eigenvalue weighted by atomic mass is 10.4. The number of carbonyl (C=O) groups is 1. The number of sulfonamides is 1. The highest BCUT2D eigenvalue weighted by atomic mass is 32.2. The van der Waals surface area contributed by atoms with Crippen molar-refractivity contribution in [2.24, 2.45) is 0 Å². The molecule has 0 amide bonds. The minimum Gasteiger partial charge on any atom is -0.481 e. The van der Waals surface area contributed by atoms with E-state index in [1.54, 1.807) is 6.92 Å². The summed E-state index contributed by atoms with van der Waals surface area (Å²) in [5.74, 6) is -0.553. The molecule has 1 aromatic heterocycles. The number of aryl methyl sites for hydroxylation is 1. The van der Waals surface area contributed by atoms with Gasteiger partial charge in [0.1, 0.15) is 5.76 Å². The van der Waals surface area contributed by atoms with Gasteiger partial charge in [-0.3, -0.25) is 4.79 Å². The van der Waals surface area contributed by atoms with Crippen LogP contribution in [0.2, 0.25) is 0 Å². The molecule has 1 N–H and O–H groups in total. The second-order valence-electron chi connectivity index (χ2n) is 3.34. The summed E-state index contributed by atoms with van der Waals surface area (Å²) in [6, 6.07) is 2.89. The van der Waals surface area contributed by atoms with Crippen LogP contribution >= 0.6 is 0 Å². The standard InChI is InChI=1S/C9H13NO5S/c1-7-3-4-9(15-7)16(13,14)10(2)6-5-8(11)12/h3-4H,5-6H2,1-2H3,(H,11,12). The quantitative estimate of drug-likeness (QED) is 0.826. The molecule has 0 aromatic carbocycles. The summed E-state index contributed by atoms with van der Waals surface area (Å²) in [6.07, 6.45) is -0.241. The Labute approximate surface area is 93.5 Å². The van der Waals surface area contributed by atoms with Crippen LogP contribution in [0.25, 0.3) is 0 Å². The van der Waals surface area contributed by atoms with Gasteiger partial charge < -0.3 is 9.52 Å². The first-order valence-corrected chi connectivity index (χ1v) is 6.02. The molecule has 0 saturated heterocycles. The second kappa shape index (κ2) is 4.67. The summed E-state index contributed by atoms with van der Waals surface area (Å²) < 4.78 is 29.6. The lowest BCUT2D eigenvalue weighted by Gasteiger charge is -2.13. The van der Waals surface area contributed by atoms with E-state index < -0.39 is 16.0 Å². The molecule has 0 aliphatic rings. The summed E-state index contributed by atoms with van der Waals surface area (Å²) >= 11 is 0. The first-order chi connectivity index (χ1) is 7.34. The summed E-state index contributed by atoms with van der Waals surface area (Å²) in [5, 5.41) is 8.29. The lowest BCUT2D eigenvalue weighted by molar-refractivity contribution is -0.137. The van der Waals surface area contributed by atoms with Crippen LogP contribution < -0.4 is 0 Å². The van der Waals surface area contributed by atoms with Crippen LogP contribution in [0.15, 0.2) is 21.6 Å². The molecule has 0 radical (unpaired) electrons. The fourth-order valence-corrected chi connectivity index (χ4v) is 2.19. The predicted octanol–water partition coefficient (Wildman–Crippen LogP) is 0.683. The molecule has 0 aliphatic carbocycles. The zero-order valence-corrected chi connectivity index (χ0v) is 9.82. The van der Waals surface area contributed by atoms with Gasteiger partial charge in [-0.2, -0.15) is 4.31 Å². The van der Waals surface area contributed by atoms with Crippen molar-refractivity contribution in [3.05, 3.63) is 17.9 Å².